The lowest BCUT2D eigenvalue weighted by Crippen LogP contribution is -2.11. The third-order valence-corrected chi connectivity index (χ3v) is 3.87. The molecule has 3 heteroatoms. The van der Waals surface area contributed by atoms with Crippen LogP contribution in [0.3, 0.4) is 0 Å². The zero-order chi connectivity index (χ0) is 15.3. The van der Waals surface area contributed by atoms with E-state index in [1.165, 1.54) is 11.1 Å². The SMILES string of the molecule is CCCC(CC(=O)O)c1c(C)cc(OCC)c(C)c1C. The van der Waals surface area contributed by atoms with Crippen molar-refractivity contribution in [1.29, 1.82) is 0 Å². The second-order valence-electron chi connectivity index (χ2n) is 5.37. The first-order valence-corrected chi connectivity index (χ1v) is 7.37. The van der Waals surface area contributed by atoms with E-state index in [1.807, 2.05) is 19.9 Å². The number of benzene rings is 1. The van der Waals surface area contributed by atoms with Crippen LogP contribution < -0.4 is 4.74 Å². The van der Waals surface area contributed by atoms with Crippen molar-refractivity contribution in [3.05, 3.63) is 28.3 Å². The Hall–Kier alpha value is -1.51. The van der Waals surface area contributed by atoms with Crippen molar-refractivity contribution < 1.29 is 14.6 Å². The van der Waals surface area contributed by atoms with E-state index in [-0.39, 0.29) is 12.3 Å². The van der Waals surface area contributed by atoms with Crippen molar-refractivity contribution in [2.45, 2.75) is 59.8 Å². The normalized spacial score (nSPS) is 12.2. The van der Waals surface area contributed by atoms with Gasteiger partial charge in [0.15, 0.2) is 0 Å². The van der Waals surface area contributed by atoms with Crippen molar-refractivity contribution in [1.82, 2.24) is 0 Å². The number of hydrogen-bond donors (Lipinski definition) is 1. The minimum absolute atomic E-state index is 0.0897. The Bertz CT molecular complexity index is 478. The van der Waals surface area contributed by atoms with E-state index in [2.05, 4.69) is 20.8 Å². The largest absolute Gasteiger partial charge is 0.494 e. The van der Waals surface area contributed by atoms with Gasteiger partial charge in [-0.2, -0.15) is 0 Å². The number of carbonyl (C=O) groups is 1. The molecule has 1 N–H and O–H groups in total. The van der Waals surface area contributed by atoms with Crippen molar-refractivity contribution in [2.24, 2.45) is 0 Å². The molecule has 0 fully saturated rings. The maximum Gasteiger partial charge on any atom is 0.303 e. The predicted molar refractivity (Wildman–Crippen MR) is 81.7 cm³/mol. The van der Waals surface area contributed by atoms with E-state index in [4.69, 9.17) is 9.84 Å². The molecule has 0 spiro atoms. The van der Waals surface area contributed by atoms with Crippen LogP contribution in [0.5, 0.6) is 5.75 Å². The fourth-order valence-corrected chi connectivity index (χ4v) is 2.91. The summed E-state index contributed by atoms with van der Waals surface area (Å²) in [6, 6.07) is 2.05. The second-order valence-corrected chi connectivity index (χ2v) is 5.37. The van der Waals surface area contributed by atoms with E-state index in [9.17, 15) is 4.79 Å². The van der Waals surface area contributed by atoms with Gasteiger partial charge >= 0.3 is 5.97 Å². The van der Waals surface area contributed by atoms with Gasteiger partial charge in [0.25, 0.3) is 0 Å². The molecule has 1 unspecified atom stereocenters. The predicted octanol–water partition coefficient (Wildman–Crippen LogP) is 4.37. The van der Waals surface area contributed by atoms with Gasteiger partial charge in [-0.25, -0.2) is 0 Å². The van der Waals surface area contributed by atoms with Crippen LogP contribution in [0.25, 0.3) is 0 Å². The smallest absolute Gasteiger partial charge is 0.303 e. The molecule has 3 nitrogen and oxygen atoms in total. The molecule has 20 heavy (non-hydrogen) atoms. The van der Waals surface area contributed by atoms with Crippen LogP contribution in [0.1, 0.15) is 61.3 Å². The summed E-state index contributed by atoms with van der Waals surface area (Å²) in [7, 11) is 0. The molecule has 112 valence electrons. The minimum atomic E-state index is -0.728. The second kappa shape index (κ2) is 7.32. The first-order valence-electron chi connectivity index (χ1n) is 7.37. The number of ether oxygens (including phenoxy) is 1. The van der Waals surface area contributed by atoms with Crippen LogP contribution in [-0.4, -0.2) is 17.7 Å². The van der Waals surface area contributed by atoms with Gasteiger partial charge in [-0.3, -0.25) is 4.79 Å². The number of carboxylic acid groups (broad SMARTS) is 1. The third kappa shape index (κ3) is 3.75. The molecule has 0 radical (unpaired) electrons. The van der Waals surface area contributed by atoms with Gasteiger partial charge in [0.2, 0.25) is 0 Å². The van der Waals surface area contributed by atoms with Gasteiger partial charge < -0.3 is 9.84 Å². The molecule has 0 aliphatic rings. The summed E-state index contributed by atoms with van der Waals surface area (Å²) in [5.74, 6) is 0.275. The number of carboxylic acids is 1. The Labute approximate surface area is 122 Å². The Morgan fingerprint density at radius 1 is 1.25 bits per heavy atom. The number of hydrogen-bond acceptors (Lipinski definition) is 2. The summed E-state index contributed by atoms with van der Waals surface area (Å²) in [5, 5.41) is 9.14. The summed E-state index contributed by atoms with van der Waals surface area (Å²) in [4.78, 5) is 11.1. The lowest BCUT2D eigenvalue weighted by atomic mass is 9.83. The molecule has 1 rings (SSSR count). The van der Waals surface area contributed by atoms with Crippen molar-refractivity contribution >= 4 is 5.97 Å². The monoisotopic (exact) mass is 278 g/mol. The van der Waals surface area contributed by atoms with Crippen LogP contribution in [0, 0.1) is 20.8 Å². The highest BCUT2D eigenvalue weighted by Gasteiger charge is 2.21. The van der Waals surface area contributed by atoms with E-state index < -0.39 is 5.97 Å². The van der Waals surface area contributed by atoms with Crippen LogP contribution >= 0.6 is 0 Å². The van der Waals surface area contributed by atoms with E-state index in [0.29, 0.717) is 6.61 Å². The first-order chi connectivity index (χ1) is 9.42. The Morgan fingerprint density at radius 2 is 1.90 bits per heavy atom. The Morgan fingerprint density at radius 3 is 2.40 bits per heavy atom. The number of aliphatic carboxylic acids is 1. The molecule has 0 heterocycles. The van der Waals surface area contributed by atoms with Gasteiger partial charge in [-0.1, -0.05) is 13.3 Å². The van der Waals surface area contributed by atoms with Crippen molar-refractivity contribution in [3.63, 3.8) is 0 Å². The molecule has 1 atom stereocenters. The van der Waals surface area contributed by atoms with Gasteiger partial charge in [0.1, 0.15) is 5.75 Å². The number of rotatable bonds is 7. The Balaban J connectivity index is 3.27. The van der Waals surface area contributed by atoms with Crippen molar-refractivity contribution in [3.8, 4) is 5.75 Å². The first kappa shape index (κ1) is 16.5. The molecule has 1 aromatic rings. The molecule has 1 aromatic carbocycles. The lowest BCUT2D eigenvalue weighted by Gasteiger charge is -2.23. The average molecular weight is 278 g/mol. The summed E-state index contributed by atoms with van der Waals surface area (Å²) in [6.45, 7) is 10.9. The molecule has 0 saturated carbocycles. The van der Waals surface area contributed by atoms with E-state index in [1.54, 1.807) is 0 Å². The van der Waals surface area contributed by atoms with Crippen LogP contribution in [0.2, 0.25) is 0 Å². The van der Waals surface area contributed by atoms with Gasteiger partial charge in [0, 0.05) is 0 Å². The van der Waals surface area contributed by atoms with Gasteiger partial charge in [0.05, 0.1) is 13.0 Å². The third-order valence-electron chi connectivity index (χ3n) is 3.87. The molecule has 0 aromatic heterocycles. The molecule has 0 aliphatic heterocycles. The fourth-order valence-electron chi connectivity index (χ4n) is 2.91. The maximum absolute atomic E-state index is 11.1. The highest BCUT2D eigenvalue weighted by Crippen LogP contribution is 2.36. The summed E-state index contributed by atoms with van der Waals surface area (Å²) in [6.07, 6.45) is 2.09. The molecule has 0 amide bonds. The zero-order valence-corrected chi connectivity index (χ0v) is 13.2. The summed E-state index contributed by atoms with van der Waals surface area (Å²) >= 11 is 0. The molecule has 0 aliphatic carbocycles. The lowest BCUT2D eigenvalue weighted by molar-refractivity contribution is -0.137. The van der Waals surface area contributed by atoms with Gasteiger partial charge in [-0.05, 0) is 68.4 Å². The fraction of sp³-hybridized carbons (Fsp3) is 0.588. The topological polar surface area (TPSA) is 46.5 Å². The summed E-state index contributed by atoms with van der Waals surface area (Å²) < 4.78 is 5.66. The van der Waals surface area contributed by atoms with E-state index >= 15 is 0 Å². The highest BCUT2D eigenvalue weighted by molar-refractivity contribution is 5.68. The maximum atomic E-state index is 11.1. The highest BCUT2D eigenvalue weighted by atomic mass is 16.5. The average Bonchev–Trinajstić information content (AvgIpc) is 2.35. The quantitative estimate of drug-likeness (QED) is 0.805. The Kier molecular flexibility index (Phi) is 6.05. The van der Waals surface area contributed by atoms with Crippen LogP contribution in [-0.2, 0) is 4.79 Å². The van der Waals surface area contributed by atoms with Crippen LogP contribution in [0.4, 0.5) is 0 Å². The molecule has 0 bridgehead atoms. The van der Waals surface area contributed by atoms with E-state index in [0.717, 1.165) is 29.7 Å². The minimum Gasteiger partial charge on any atom is -0.494 e. The zero-order valence-electron chi connectivity index (χ0n) is 13.2. The van der Waals surface area contributed by atoms with Crippen LogP contribution in [0.15, 0.2) is 6.07 Å². The molecular formula is C17H26O3. The van der Waals surface area contributed by atoms with Crippen molar-refractivity contribution in [2.75, 3.05) is 6.61 Å². The van der Waals surface area contributed by atoms with Gasteiger partial charge in [-0.15, -0.1) is 0 Å². The molecule has 0 saturated heterocycles. The molecular weight excluding hydrogens is 252 g/mol. The summed E-state index contributed by atoms with van der Waals surface area (Å²) in [5.41, 5.74) is 4.62. The standard InChI is InChI=1S/C17H26O3/c1-6-8-14(10-16(18)19)17-11(3)9-15(20-7-2)12(4)13(17)5/h9,14H,6-8,10H2,1-5H3,(H,18,19). The number of aryl methyl sites for hydroxylation is 1.